The maximum Gasteiger partial charge on any atom is 0.131 e. The molecule has 2 nitrogen and oxygen atoms in total. The summed E-state index contributed by atoms with van der Waals surface area (Å²) in [6, 6.07) is 6.58. The molecule has 1 rings (SSSR count). The van der Waals surface area contributed by atoms with Crippen molar-refractivity contribution < 1.29 is 0 Å². The van der Waals surface area contributed by atoms with Crippen molar-refractivity contribution in [2.24, 2.45) is 0 Å². The molecule has 0 atom stereocenters. The van der Waals surface area contributed by atoms with Gasteiger partial charge in [-0.1, -0.05) is 17.7 Å². The monoisotopic (exact) mass is 212 g/mol. The lowest BCUT2D eigenvalue weighted by Gasteiger charge is -2.31. The van der Waals surface area contributed by atoms with Crippen molar-refractivity contribution in [3.8, 4) is 0 Å². The summed E-state index contributed by atoms with van der Waals surface area (Å²) >= 11 is 5.86. The Morgan fingerprint density at radius 2 is 1.71 bits per heavy atom. The van der Waals surface area contributed by atoms with Gasteiger partial charge in [0.05, 0.1) is 0 Å². The third-order valence-corrected chi connectivity index (χ3v) is 2.29. The van der Waals surface area contributed by atoms with Crippen LogP contribution in [0.4, 0.5) is 5.82 Å². The quantitative estimate of drug-likeness (QED) is 0.715. The lowest BCUT2D eigenvalue weighted by Crippen LogP contribution is -2.37. The summed E-state index contributed by atoms with van der Waals surface area (Å²) < 4.78 is 0. The van der Waals surface area contributed by atoms with E-state index in [2.05, 4.69) is 37.6 Å². The van der Waals surface area contributed by atoms with Gasteiger partial charge in [-0.05, 0) is 39.8 Å². The van der Waals surface area contributed by atoms with Crippen molar-refractivity contribution in [2.75, 3.05) is 4.90 Å². The third-order valence-electron chi connectivity index (χ3n) is 2.08. The van der Waals surface area contributed by atoms with Crippen molar-refractivity contribution in [3.63, 3.8) is 0 Å². The van der Waals surface area contributed by atoms with Crippen LogP contribution in [-0.4, -0.2) is 17.1 Å². The molecule has 78 valence electrons. The van der Waals surface area contributed by atoms with Crippen molar-refractivity contribution in [1.82, 2.24) is 4.98 Å². The van der Waals surface area contributed by atoms with Gasteiger partial charge in [0.15, 0.2) is 0 Å². The first-order chi connectivity index (χ1) is 6.52. The molecular formula is C11H17ClN2. The van der Waals surface area contributed by atoms with Crippen LogP contribution in [0.1, 0.15) is 27.7 Å². The number of anilines is 1. The summed E-state index contributed by atoms with van der Waals surface area (Å²) in [5, 5.41) is 0.550. The van der Waals surface area contributed by atoms with Crippen molar-refractivity contribution in [3.05, 3.63) is 23.4 Å². The molecule has 3 heteroatoms. The smallest absolute Gasteiger partial charge is 0.131 e. The normalized spacial score (nSPS) is 11.1. The van der Waals surface area contributed by atoms with Crippen LogP contribution < -0.4 is 4.90 Å². The fourth-order valence-corrected chi connectivity index (χ4v) is 1.83. The predicted molar refractivity (Wildman–Crippen MR) is 62.0 cm³/mol. The minimum Gasteiger partial charge on any atom is -0.352 e. The maximum atomic E-state index is 5.86. The average Bonchev–Trinajstić information content (AvgIpc) is 2.02. The van der Waals surface area contributed by atoms with Crippen LogP contribution in [0.15, 0.2) is 18.2 Å². The molecular weight excluding hydrogens is 196 g/mol. The highest BCUT2D eigenvalue weighted by Gasteiger charge is 2.15. The van der Waals surface area contributed by atoms with Gasteiger partial charge >= 0.3 is 0 Å². The molecule has 1 heterocycles. The van der Waals surface area contributed by atoms with Gasteiger partial charge in [-0.25, -0.2) is 4.98 Å². The summed E-state index contributed by atoms with van der Waals surface area (Å²) in [5.41, 5.74) is 0. The Hall–Kier alpha value is -0.760. The molecule has 0 amide bonds. The molecule has 0 fully saturated rings. The Labute approximate surface area is 90.9 Å². The Kier molecular flexibility index (Phi) is 3.76. The number of hydrogen-bond donors (Lipinski definition) is 0. The Morgan fingerprint density at radius 1 is 1.14 bits per heavy atom. The van der Waals surface area contributed by atoms with Crippen LogP contribution in [0.3, 0.4) is 0 Å². The Morgan fingerprint density at radius 3 is 2.14 bits per heavy atom. The third kappa shape index (κ3) is 2.61. The molecule has 0 saturated carbocycles. The largest absolute Gasteiger partial charge is 0.352 e. The lowest BCUT2D eigenvalue weighted by atomic mass is 10.2. The molecule has 0 aliphatic carbocycles. The molecule has 0 spiro atoms. The van der Waals surface area contributed by atoms with Gasteiger partial charge in [0.2, 0.25) is 0 Å². The first-order valence-corrected chi connectivity index (χ1v) is 5.31. The lowest BCUT2D eigenvalue weighted by molar-refractivity contribution is 0.600. The molecule has 0 radical (unpaired) electrons. The molecule has 0 unspecified atom stereocenters. The van der Waals surface area contributed by atoms with E-state index in [0.29, 0.717) is 17.2 Å². The topological polar surface area (TPSA) is 16.1 Å². The molecule has 0 aliphatic heterocycles. The van der Waals surface area contributed by atoms with Crippen molar-refractivity contribution in [2.45, 2.75) is 39.8 Å². The van der Waals surface area contributed by atoms with E-state index < -0.39 is 0 Å². The van der Waals surface area contributed by atoms with Gasteiger partial charge in [-0.3, -0.25) is 0 Å². The van der Waals surface area contributed by atoms with Gasteiger partial charge in [0, 0.05) is 12.1 Å². The number of rotatable bonds is 3. The number of aromatic nitrogens is 1. The molecule has 0 aliphatic rings. The minimum absolute atomic E-state index is 0.431. The van der Waals surface area contributed by atoms with E-state index in [-0.39, 0.29) is 0 Å². The van der Waals surface area contributed by atoms with E-state index in [9.17, 15) is 0 Å². The highest BCUT2D eigenvalue weighted by atomic mass is 35.5. The van der Waals surface area contributed by atoms with E-state index in [4.69, 9.17) is 11.6 Å². The Bertz CT molecular complexity index is 289. The van der Waals surface area contributed by atoms with Crippen LogP contribution in [0.25, 0.3) is 0 Å². The zero-order valence-corrected chi connectivity index (χ0v) is 9.92. The standard InChI is InChI=1S/C11H17ClN2/c1-8(2)14(9(3)4)11-7-5-6-10(12)13-11/h5-9H,1-4H3. The van der Waals surface area contributed by atoms with Crippen LogP contribution in [0.2, 0.25) is 5.15 Å². The Balaban J connectivity index is 2.99. The first-order valence-electron chi connectivity index (χ1n) is 4.93. The van der Waals surface area contributed by atoms with E-state index in [0.717, 1.165) is 5.82 Å². The van der Waals surface area contributed by atoms with Crippen LogP contribution in [0, 0.1) is 0 Å². The second-order valence-electron chi connectivity index (χ2n) is 3.91. The van der Waals surface area contributed by atoms with E-state index in [1.165, 1.54) is 0 Å². The molecule has 1 aromatic rings. The fourth-order valence-electron chi connectivity index (χ4n) is 1.67. The SMILES string of the molecule is CC(C)N(c1cccc(Cl)n1)C(C)C. The highest BCUT2D eigenvalue weighted by Crippen LogP contribution is 2.19. The first kappa shape index (κ1) is 11.3. The zero-order chi connectivity index (χ0) is 10.7. The van der Waals surface area contributed by atoms with Crippen LogP contribution in [0.5, 0.6) is 0 Å². The zero-order valence-electron chi connectivity index (χ0n) is 9.16. The molecule has 0 N–H and O–H groups in total. The van der Waals surface area contributed by atoms with E-state index >= 15 is 0 Å². The molecule has 1 aromatic heterocycles. The molecule has 14 heavy (non-hydrogen) atoms. The summed E-state index contributed by atoms with van der Waals surface area (Å²) in [7, 11) is 0. The number of halogens is 1. The van der Waals surface area contributed by atoms with E-state index in [1.807, 2.05) is 12.1 Å². The van der Waals surface area contributed by atoms with Gasteiger partial charge in [0.1, 0.15) is 11.0 Å². The second kappa shape index (κ2) is 4.65. The minimum atomic E-state index is 0.431. The van der Waals surface area contributed by atoms with Gasteiger partial charge in [0.25, 0.3) is 0 Å². The van der Waals surface area contributed by atoms with Crippen LogP contribution in [-0.2, 0) is 0 Å². The maximum absolute atomic E-state index is 5.86. The molecule has 0 aromatic carbocycles. The average molecular weight is 213 g/mol. The highest BCUT2D eigenvalue weighted by molar-refractivity contribution is 6.29. The summed E-state index contributed by atoms with van der Waals surface area (Å²) in [6.45, 7) is 8.62. The van der Waals surface area contributed by atoms with Gasteiger partial charge < -0.3 is 4.90 Å². The van der Waals surface area contributed by atoms with E-state index in [1.54, 1.807) is 6.07 Å². The molecule has 0 saturated heterocycles. The number of nitrogens with zero attached hydrogens (tertiary/aromatic N) is 2. The van der Waals surface area contributed by atoms with Gasteiger partial charge in [-0.15, -0.1) is 0 Å². The van der Waals surface area contributed by atoms with Gasteiger partial charge in [-0.2, -0.15) is 0 Å². The van der Waals surface area contributed by atoms with Crippen molar-refractivity contribution in [1.29, 1.82) is 0 Å². The summed E-state index contributed by atoms with van der Waals surface area (Å²) in [5.74, 6) is 0.947. The van der Waals surface area contributed by atoms with Crippen LogP contribution >= 0.6 is 11.6 Å². The predicted octanol–water partition coefficient (Wildman–Crippen LogP) is 3.36. The summed E-state index contributed by atoms with van der Waals surface area (Å²) in [4.78, 5) is 6.55. The summed E-state index contributed by atoms with van der Waals surface area (Å²) in [6.07, 6.45) is 0. The number of pyridine rings is 1. The fraction of sp³-hybridized carbons (Fsp3) is 0.545. The van der Waals surface area contributed by atoms with Crippen molar-refractivity contribution >= 4 is 17.4 Å². The molecule has 0 bridgehead atoms. The second-order valence-corrected chi connectivity index (χ2v) is 4.30. The number of hydrogen-bond acceptors (Lipinski definition) is 2.